The van der Waals surface area contributed by atoms with Gasteiger partial charge in [0, 0.05) is 63.7 Å². The van der Waals surface area contributed by atoms with Gasteiger partial charge in [-0.3, -0.25) is 9.59 Å². The van der Waals surface area contributed by atoms with E-state index >= 15 is 0 Å². The van der Waals surface area contributed by atoms with Gasteiger partial charge in [-0.05, 0) is 33.5 Å². The molecule has 214 valence electrons. The Morgan fingerprint density at radius 1 is 1.25 bits per heavy atom. The first kappa shape index (κ1) is 30.5. The Morgan fingerprint density at radius 2 is 2.02 bits per heavy atom. The number of nitrogens with one attached hydrogen (secondary N) is 2. The van der Waals surface area contributed by atoms with Gasteiger partial charge in [0.25, 0.3) is 0 Å². The molecule has 2 amide bonds. The summed E-state index contributed by atoms with van der Waals surface area (Å²) in [6.45, 7) is 5.29. The van der Waals surface area contributed by atoms with Gasteiger partial charge in [0.1, 0.15) is 11.9 Å². The first-order chi connectivity index (χ1) is 19.2. The second-order valence-corrected chi connectivity index (χ2v) is 9.51. The Hall–Kier alpha value is -4.08. The van der Waals surface area contributed by atoms with E-state index in [0.717, 1.165) is 0 Å². The summed E-state index contributed by atoms with van der Waals surface area (Å²) in [5.74, 6) is 6.26. The molecule has 0 bridgehead atoms. The van der Waals surface area contributed by atoms with E-state index in [-0.39, 0.29) is 11.8 Å². The molecule has 2 N–H and O–H groups in total. The molecule has 40 heavy (non-hydrogen) atoms. The predicted molar refractivity (Wildman–Crippen MR) is 152 cm³/mol. The van der Waals surface area contributed by atoms with Crippen molar-refractivity contribution in [1.82, 2.24) is 30.1 Å². The average Bonchev–Trinajstić information content (AvgIpc) is 2.94. The maximum absolute atomic E-state index is 13.5. The molecule has 0 unspecified atom stereocenters. The number of halogens is 1. The maximum atomic E-state index is 13.5. The number of carbonyl (C=O) groups excluding carboxylic acids is 2. The van der Waals surface area contributed by atoms with Crippen molar-refractivity contribution in [3.05, 3.63) is 48.2 Å². The zero-order valence-corrected chi connectivity index (χ0v) is 23.5. The van der Waals surface area contributed by atoms with Crippen LogP contribution in [0.2, 0.25) is 0 Å². The van der Waals surface area contributed by atoms with Crippen molar-refractivity contribution >= 4 is 29.3 Å². The monoisotopic (exact) mass is 552 g/mol. The molecule has 3 rings (SSSR count). The van der Waals surface area contributed by atoms with Gasteiger partial charge in [0.2, 0.25) is 23.7 Å². The SMILES string of the molecule is C[C@@H](C(=O)NCCCC#Cc1cnc(Nc2ccnc(F)c2)nc1N1CCOCC1)N(C)C(=O)C=CCN(C)C. The van der Waals surface area contributed by atoms with E-state index in [1.165, 1.54) is 23.2 Å². The molecule has 1 aliphatic rings. The Labute approximate surface area is 234 Å². The van der Waals surface area contributed by atoms with Gasteiger partial charge in [0.15, 0.2) is 0 Å². The Bertz CT molecular complexity index is 1240. The lowest BCUT2D eigenvalue weighted by atomic mass is 10.2. The van der Waals surface area contributed by atoms with E-state index in [4.69, 9.17) is 4.74 Å². The number of amides is 2. The lowest BCUT2D eigenvalue weighted by Crippen LogP contribution is -2.45. The second kappa shape index (κ2) is 15.5. The number of nitrogens with zero attached hydrogens (tertiary/aromatic N) is 6. The van der Waals surface area contributed by atoms with Crippen LogP contribution in [0.5, 0.6) is 0 Å². The van der Waals surface area contributed by atoms with Crippen LogP contribution < -0.4 is 15.5 Å². The van der Waals surface area contributed by atoms with Gasteiger partial charge >= 0.3 is 0 Å². The standard InChI is InChI=1S/C28H37FN8O3/c1-21(36(4)25(38)10-8-14-35(2)3)27(39)31-12-7-5-6-9-22-20-32-28(33-23-11-13-30-24(29)19-23)34-26(22)37-15-17-40-18-16-37/h8,10-11,13,19-21H,5,7,12,14-18H2,1-4H3,(H,31,39)(H,30,32,33,34)/t21-/m0/s1. The van der Waals surface area contributed by atoms with E-state index in [9.17, 15) is 14.0 Å². The molecular weight excluding hydrogens is 515 g/mol. The van der Waals surface area contributed by atoms with Crippen LogP contribution >= 0.6 is 0 Å². The number of hydrogen-bond donors (Lipinski definition) is 2. The highest BCUT2D eigenvalue weighted by Gasteiger charge is 2.20. The number of aromatic nitrogens is 3. The van der Waals surface area contributed by atoms with Crippen molar-refractivity contribution in [2.24, 2.45) is 0 Å². The summed E-state index contributed by atoms with van der Waals surface area (Å²) in [6, 6.07) is 2.31. The first-order valence-corrected chi connectivity index (χ1v) is 13.2. The largest absolute Gasteiger partial charge is 0.378 e. The molecule has 0 aliphatic carbocycles. The molecule has 0 spiro atoms. The lowest BCUT2D eigenvalue weighted by molar-refractivity contribution is -0.135. The van der Waals surface area contributed by atoms with Gasteiger partial charge in [0.05, 0.1) is 25.0 Å². The molecule has 11 nitrogen and oxygen atoms in total. The number of ether oxygens (including phenoxy) is 1. The zero-order chi connectivity index (χ0) is 28.9. The summed E-state index contributed by atoms with van der Waals surface area (Å²) < 4.78 is 18.9. The molecule has 0 radical (unpaired) electrons. The van der Waals surface area contributed by atoms with Crippen LogP contribution in [0, 0.1) is 17.8 Å². The van der Waals surface area contributed by atoms with Gasteiger partial charge in [-0.15, -0.1) is 0 Å². The van der Waals surface area contributed by atoms with Crippen LogP contribution in [0.3, 0.4) is 0 Å². The third-order valence-corrected chi connectivity index (χ3v) is 6.10. The molecule has 2 aromatic heterocycles. The van der Waals surface area contributed by atoms with Crippen LogP contribution in [0.15, 0.2) is 36.7 Å². The Morgan fingerprint density at radius 3 is 2.75 bits per heavy atom. The average molecular weight is 553 g/mol. The Balaban J connectivity index is 1.54. The zero-order valence-electron chi connectivity index (χ0n) is 23.5. The van der Waals surface area contributed by atoms with Crippen molar-refractivity contribution in [2.75, 3.05) is 70.8 Å². The molecule has 1 fully saturated rings. The minimum Gasteiger partial charge on any atom is -0.378 e. The number of morpholine rings is 1. The fourth-order valence-electron chi connectivity index (χ4n) is 3.69. The summed E-state index contributed by atoms with van der Waals surface area (Å²) in [5, 5.41) is 5.88. The molecule has 1 aliphatic heterocycles. The summed E-state index contributed by atoms with van der Waals surface area (Å²) in [4.78, 5) is 42.8. The first-order valence-electron chi connectivity index (χ1n) is 13.2. The number of rotatable bonds is 11. The van der Waals surface area contributed by atoms with Crippen molar-refractivity contribution in [2.45, 2.75) is 25.8 Å². The van der Waals surface area contributed by atoms with E-state index < -0.39 is 12.0 Å². The van der Waals surface area contributed by atoms with Crippen molar-refractivity contribution in [3.8, 4) is 11.8 Å². The normalized spacial score (nSPS) is 14.0. The third kappa shape index (κ3) is 9.59. The summed E-state index contributed by atoms with van der Waals surface area (Å²) in [6.07, 6.45) is 7.46. The van der Waals surface area contributed by atoms with Crippen LogP contribution in [-0.2, 0) is 14.3 Å². The second-order valence-electron chi connectivity index (χ2n) is 9.51. The molecule has 0 aromatic carbocycles. The molecule has 3 heterocycles. The fraction of sp³-hybridized carbons (Fsp3) is 0.464. The summed E-state index contributed by atoms with van der Waals surface area (Å²) in [7, 11) is 5.44. The number of carbonyl (C=O) groups is 2. The molecule has 1 saturated heterocycles. The number of anilines is 3. The minimum atomic E-state index is -0.597. The minimum absolute atomic E-state index is 0.218. The number of hydrogen-bond acceptors (Lipinski definition) is 9. The highest BCUT2D eigenvalue weighted by atomic mass is 19.1. The van der Waals surface area contributed by atoms with E-state index in [1.54, 1.807) is 32.3 Å². The predicted octanol–water partition coefficient (Wildman–Crippen LogP) is 1.80. The molecular formula is C28H37FN8O3. The van der Waals surface area contributed by atoms with Crippen molar-refractivity contribution < 1.29 is 18.7 Å². The highest BCUT2D eigenvalue weighted by molar-refractivity contribution is 5.92. The van der Waals surface area contributed by atoms with Crippen LogP contribution in [-0.4, -0.2) is 103 Å². The van der Waals surface area contributed by atoms with Crippen LogP contribution in [0.4, 0.5) is 21.8 Å². The van der Waals surface area contributed by atoms with E-state index in [2.05, 4.69) is 42.3 Å². The van der Waals surface area contributed by atoms with Gasteiger partial charge in [-0.1, -0.05) is 17.9 Å². The summed E-state index contributed by atoms with van der Waals surface area (Å²) in [5.41, 5.74) is 1.17. The van der Waals surface area contributed by atoms with Crippen molar-refractivity contribution in [3.63, 3.8) is 0 Å². The molecule has 2 aromatic rings. The van der Waals surface area contributed by atoms with Crippen LogP contribution in [0.25, 0.3) is 0 Å². The van der Waals surface area contributed by atoms with Gasteiger partial charge in [-0.2, -0.15) is 9.37 Å². The quantitative estimate of drug-likeness (QED) is 0.186. The highest BCUT2D eigenvalue weighted by Crippen LogP contribution is 2.21. The third-order valence-electron chi connectivity index (χ3n) is 6.10. The number of likely N-dealkylation sites (N-methyl/N-ethyl adjacent to an activating group) is 2. The topological polar surface area (TPSA) is 116 Å². The van der Waals surface area contributed by atoms with Gasteiger partial charge < -0.3 is 30.1 Å². The number of unbranched alkanes of at least 4 members (excludes halogenated alkanes) is 1. The van der Waals surface area contributed by atoms with E-state index in [0.29, 0.717) is 75.3 Å². The fourth-order valence-corrected chi connectivity index (χ4v) is 3.69. The Kier molecular flexibility index (Phi) is 11.8. The molecule has 0 saturated carbocycles. The maximum Gasteiger partial charge on any atom is 0.246 e. The lowest BCUT2D eigenvalue weighted by Gasteiger charge is -2.28. The molecule has 12 heteroatoms. The smallest absolute Gasteiger partial charge is 0.246 e. The molecule has 1 atom stereocenters. The van der Waals surface area contributed by atoms with Gasteiger partial charge in [-0.25, -0.2) is 9.97 Å². The number of pyridine rings is 1. The van der Waals surface area contributed by atoms with E-state index in [1.807, 2.05) is 19.0 Å². The van der Waals surface area contributed by atoms with Crippen LogP contribution in [0.1, 0.15) is 25.3 Å². The van der Waals surface area contributed by atoms with Crippen molar-refractivity contribution in [1.29, 1.82) is 0 Å². The summed E-state index contributed by atoms with van der Waals surface area (Å²) >= 11 is 0.